The quantitative estimate of drug-likeness (QED) is 0.114. The molecule has 0 unspecified atom stereocenters. The van der Waals surface area contributed by atoms with Crippen molar-refractivity contribution in [3.8, 4) is 0 Å². The molecule has 0 N–H and O–H groups in total. The number of hydrogen-bond donors (Lipinski definition) is 0. The highest BCUT2D eigenvalue weighted by molar-refractivity contribution is 5.58. The van der Waals surface area contributed by atoms with Crippen LogP contribution in [0.25, 0.3) is 0 Å². The Morgan fingerprint density at radius 2 is 1.29 bits per heavy atom. The first-order valence-corrected chi connectivity index (χ1v) is 13.2. The number of aromatic nitrogens is 2. The van der Waals surface area contributed by atoms with Crippen LogP contribution in [0.15, 0.2) is 139 Å². The van der Waals surface area contributed by atoms with Crippen LogP contribution in [-0.2, 0) is 17.0 Å². The Hall–Kier alpha value is -4.44. The number of rotatable bonds is 10. The molecule has 1 fully saturated rings. The first-order chi connectivity index (χ1) is 18.9. The monoisotopic (exact) mass is 497 g/mol. The molecule has 4 heteroatoms. The maximum atomic E-state index is 5.48. The Morgan fingerprint density at radius 3 is 1.84 bits per heavy atom. The van der Waals surface area contributed by atoms with E-state index in [2.05, 4.69) is 107 Å². The van der Waals surface area contributed by atoms with E-state index in [1.807, 2.05) is 42.9 Å². The Balaban J connectivity index is 1.26. The predicted molar refractivity (Wildman–Crippen MR) is 152 cm³/mol. The largest absolute Gasteiger partial charge is 0.391 e. The smallest absolute Gasteiger partial charge is 0.142 e. The third kappa shape index (κ3) is 4.78. The summed E-state index contributed by atoms with van der Waals surface area (Å²) in [4.78, 5) is 10.4. The third-order valence-corrected chi connectivity index (χ3v) is 7.50. The van der Waals surface area contributed by atoms with Gasteiger partial charge in [-0.15, -0.1) is 0 Å². The molecule has 1 aliphatic rings. The Kier molecular flexibility index (Phi) is 6.86. The van der Waals surface area contributed by atoms with E-state index < -0.39 is 5.54 Å². The van der Waals surface area contributed by atoms with E-state index in [1.54, 1.807) is 0 Å². The molecule has 4 nitrogen and oxygen atoms in total. The molecule has 1 heterocycles. The molecule has 0 bridgehead atoms. The highest BCUT2D eigenvalue weighted by Gasteiger charge is 2.42. The van der Waals surface area contributed by atoms with Crippen LogP contribution in [0.2, 0.25) is 0 Å². The fourth-order valence-corrected chi connectivity index (χ4v) is 5.49. The van der Waals surface area contributed by atoms with Gasteiger partial charge in [0.1, 0.15) is 12.1 Å². The van der Waals surface area contributed by atoms with Crippen LogP contribution in [0.3, 0.4) is 0 Å². The first-order valence-electron chi connectivity index (χ1n) is 13.2. The lowest BCUT2D eigenvalue weighted by Gasteiger charge is -2.37. The molecule has 0 spiro atoms. The van der Waals surface area contributed by atoms with Crippen LogP contribution in [0.4, 0.5) is 0 Å². The molecule has 4 aromatic carbocycles. The van der Waals surface area contributed by atoms with Crippen molar-refractivity contribution < 1.29 is 4.84 Å². The molecule has 0 saturated heterocycles. The number of imidazole rings is 1. The van der Waals surface area contributed by atoms with E-state index in [0.717, 1.165) is 24.1 Å². The summed E-state index contributed by atoms with van der Waals surface area (Å²) in [5, 5.41) is 4.19. The van der Waals surface area contributed by atoms with Crippen molar-refractivity contribution in [3.05, 3.63) is 162 Å². The summed E-state index contributed by atoms with van der Waals surface area (Å²) in [7, 11) is 0. The molecular weight excluding hydrogens is 466 g/mol. The molecule has 1 aromatic heterocycles. The topological polar surface area (TPSA) is 39.4 Å². The molecule has 0 aliphatic heterocycles. The summed E-state index contributed by atoms with van der Waals surface area (Å²) in [5.41, 5.74) is 5.36. The van der Waals surface area contributed by atoms with E-state index in [4.69, 9.17) is 9.82 Å². The summed E-state index contributed by atoms with van der Waals surface area (Å²) in [6.07, 6.45) is 8.19. The van der Waals surface area contributed by atoms with Gasteiger partial charge >= 0.3 is 0 Å². The molecular formula is C34H31N3O. The molecule has 1 saturated carbocycles. The normalized spacial score (nSPS) is 16.9. The maximum absolute atomic E-state index is 5.48. The van der Waals surface area contributed by atoms with Crippen LogP contribution in [0.5, 0.6) is 0 Å². The second-order valence-corrected chi connectivity index (χ2v) is 9.90. The van der Waals surface area contributed by atoms with Crippen LogP contribution in [0, 0.1) is 5.92 Å². The first kappa shape index (κ1) is 23.9. The van der Waals surface area contributed by atoms with Crippen molar-refractivity contribution >= 4 is 6.21 Å². The molecule has 5 aromatic rings. The van der Waals surface area contributed by atoms with Crippen molar-refractivity contribution in [2.45, 2.75) is 30.9 Å². The molecule has 0 amide bonds. The number of nitrogens with zero attached hydrogens (tertiary/aromatic N) is 3. The zero-order valence-electron chi connectivity index (χ0n) is 21.3. The minimum absolute atomic E-state index is 0.442. The molecule has 1 aliphatic carbocycles. The molecule has 2 atom stereocenters. The zero-order chi connectivity index (χ0) is 25.6. The fraction of sp³-hybridized carbons (Fsp3) is 0.176. The van der Waals surface area contributed by atoms with Crippen molar-refractivity contribution in [2.24, 2.45) is 11.1 Å². The summed E-state index contributed by atoms with van der Waals surface area (Å²) < 4.78 is 2.30. The van der Waals surface area contributed by atoms with Gasteiger partial charge in [0, 0.05) is 18.3 Å². The van der Waals surface area contributed by atoms with Crippen LogP contribution < -0.4 is 0 Å². The van der Waals surface area contributed by atoms with Gasteiger partial charge in [-0.3, -0.25) is 0 Å². The minimum atomic E-state index is -0.522. The second-order valence-electron chi connectivity index (χ2n) is 9.90. The maximum Gasteiger partial charge on any atom is 0.142 e. The summed E-state index contributed by atoms with van der Waals surface area (Å²) >= 11 is 0. The van der Waals surface area contributed by atoms with Gasteiger partial charge in [-0.2, -0.15) is 0 Å². The van der Waals surface area contributed by atoms with E-state index in [1.165, 1.54) is 16.7 Å². The highest BCUT2D eigenvalue weighted by atomic mass is 16.6. The van der Waals surface area contributed by atoms with Gasteiger partial charge in [0.25, 0.3) is 0 Å². The van der Waals surface area contributed by atoms with Gasteiger partial charge in [0.2, 0.25) is 0 Å². The van der Waals surface area contributed by atoms with Crippen LogP contribution >= 0.6 is 0 Å². The molecule has 38 heavy (non-hydrogen) atoms. The van der Waals surface area contributed by atoms with E-state index in [0.29, 0.717) is 18.4 Å². The number of benzene rings is 4. The van der Waals surface area contributed by atoms with Gasteiger partial charge in [-0.25, -0.2) is 4.98 Å². The van der Waals surface area contributed by atoms with E-state index in [9.17, 15) is 0 Å². The Labute approximate surface area is 224 Å². The third-order valence-electron chi connectivity index (χ3n) is 7.50. The second kappa shape index (κ2) is 10.9. The summed E-state index contributed by atoms with van der Waals surface area (Å²) in [6, 6.07) is 42.3. The summed E-state index contributed by atoms with van der Waals surface area (Å²) in [5.74, 6) is 0.985. The lowest BCUT2D eigenvalue weighted by Crippen LogP contribution is -2.36. The van der Waals surface area contributed by atoms with Gasteiger partial charge in [-0.1, -0.05) is 126 Å². The van der Waals surface area contributed by atoms with Gasteiger partial charge in [-0.05, 0) is 41.0 Å². The van der Waals surface area contributed by atoms with Crippen molar-refractivity contribution in [2.75, 3.05) is 0 Å². The number of hydrogen-bond acceptors (Lipinski definition) is 3. The molecule has 0 radical (unpaired) electrons. The van der Waals surface area contributed by atoms with E-state index >= 15 is 0 Å². The Bertz CT molecular complexity index is 1370. The Morgan fingerprint density at radius 1 is 0.763 bits per heavy atom. The molecule has 188 valence electrons. The predicted octanol–water partition coefficient (Wildman–Crippen LogP) is 7.42. The van der Waals surface area contributed by atoms with Gasteiger partial charge in [0.15, 0.2) is 0 Å². The summed E-state index contributed by atoms with van der Waals surface area (Å²) in [6.45, 7) is 0.496. The van der Waals surface area contributed by atoms with Crippen LogP contribution in [-0.4, -0.2) is 15.8 Å². The lowest BCUT2D eigenvalue weighted by atomic mass is 9.77. The standard InChI is InChI=1S/C34H31N3O/c1-5-13-27(14-6-1)25-38-36-22-21-28-23-32(28)33-24-37(26-35-33)34(29-15-7-2-8-16-29,30-17-9-3-10-18-30)31-19-11-4-12-20-31/h1-20,22,24,26,28,32H,21,23,25H2/b36-22+/t28-,32+/m0/s1. The SMILES string of the molecule is C(/C[C@H]1C[C@H]1c1cn(C(c2ccccc2)(c2ccccc2)c2ccccc2)cn1)=N\OCc1ccccc1. The van der Waals surface area contributed by atoms with Crippen molar-refractivity contribution in [1.29, 1.82) is 0 Å². The van der Waals surface area contributed by atoms with Gasteiger partial charge in [0.05, 0.1) is 12.0 Å². The average molecular weight is 498 g/mol. The fourth-order valence-electron chi connectivity index (χ4n) is 5.49. The number of oxime groups is 1. The lowest BCUT2D eigenvalue weighted by molar-refractivity contribution is 0.131. The van der Waals surface area contributed by atoms with Crippen LogP contribution in [0.1, 0.15) is 46.7 Å². The zero-order valence-corrected chi connectivity index (χ0v) is 21.3. The molecule has 6 rings (SSSR count). The van der Waals surface area contributed by atoms with Gasteiger partial charge < -0.3 is 9.40 Å². The average Bonchev–Trinajstić information content (AvgIpc) is 3.60. The van der Waals surface area contributed by atoms with Crippen molar-refractivity contribution in [3.63, 3.8) is 0 Å². The van der Waals surface area contributed by atoms with E-state index in [-0.39, 0.29) is 0 Å². The van der Waals surface area contributed by atoms with Crippen molar-refractivity contribution in [1.82, 2.24) is 9.55 Å². The minimum Gasteiger partial charge on any atom is -0.391 e. The highest BCUT2D eigenvalue weighted by Crippen LogP contribution is 2.49.